The number of rotatable bonds is 6. The fraction of sp³-hybridized carbons (Fsp3) is 0.727. The van der Waals surface area contributed by atoms with E-state index in [1.165, 1.54) is 0 Å². The van der Waals surface area contributed by atoms with E-state index in [-0.39, 0.29) is 5.97 Å². The van der Waals surface area contributed by atoms with E-state index < -0.39 is 8.07 Å². The average molecular weight is 212 g/mol. The molecule has 0 aromatic rings. The molecule has 80 valence electrons. The van der Waals surface area contributed by atoms with E-state index in [0.717, 1.165) is 12.5 Å². The summed E-state index contributed by atoms with van der Waals surface area (Å²) in [7, 11) is -1.07. The summed E-state index contributed by atoms with van der Waals surface area (Å²) < 4.78 is 5.09. The molecule has 0 saturated carbocycles. The van der Waals surface area contributed by atoms with Crippen molar-refractivity contribution in [1.29, 1.82) is 0 Å². The molecule has 0 atom stereocenters. The Morgan fingerprint density at radius 2 is 2.07 bits per heavy atom. The van der Waals surface area contributed by atoms with Crippen LogP contribution in [0, 0.1) is 12.3 Å². The van der Waals surface area contributed by atoms with Crippen molar-refractivity contribution in [2.75, 3.05) is 6.61 Å². The van der Waals surface area contributed by atoms with Gasteiger partial charge in [-0.2, -0.15) is 0 Å². The van der Waals surface area contributed by atoms with Crippen molar-refractivity contribution in [3.63, 3.8) is 0 Å². The molecule has 3 heteroatoms. The largest absolute Gasteiger partial charge is 0.466 e. The quantitative estimate of drug-likeness (QED) is 0.293. The molecule has 0 aliphatic carbocycles. The lowest BCUT2D eigenvalue weighted by molar-refractivity contribution is -0.143. The van der Waals surface area contributed by atoms with Crippen molar-refractivity contribution < 1.29 is 9.53 Å². The van der Waals surface area contributed by atoms with Crippen molar-refractivity contribution >= 4 is 14.0 Å². The van der Waals surface area contributed by atoms with Crippen molar-refractivity contribution in [3.05, 3.63) is 0 Å². The van der Waals surface area contributed by atoms with Crippen LogP contribution in [0.3, 0.4) is 0 Å². The van der Waals surface area contributed by atoms with Crippen LogP contribution in [0.25, 0.3) is 0 Å². The Bertz CT molecular complexity index is 210. The van der Waals surface area contributed by atoms with Gasteiger partial charge in [0.1, 0.15) is 0 Å². The number of esters is 1. The fourth-order valence-corrected chi connectivity index (χ4v) is 1.59. The molecular formula is C11H20O2Si. The summed E-state index contributed by atoms with van der Waals surface area (Å²) in [5, 5.41) is 0. The third kappa shape index (κ3) is 9.34. The SMILES string of the molecule is C#CCCCC(=O)OCC[Si](C)(C)C. The van der Waals surface area contributed by atoms with Crippen molar-refractivity contribution in [2.24, 2.45) is 0 Å². The third-order valence-corrected chi connectivity index (χ3v) is 3.52. The number of unbranched alkanes of at least 4 members (excludes halogenated alkanes) is 1. The molecule has 0 amide bonds. The van der Waals surface area contributed by atoms with Gasteiger partial charge in [-0.25, -0.2) is 0 Å². The number of hydrogen-bond donors (Lipinski definition) is 0. The summed E-state index contributed by atoms with van der Waals surface area (Å²) in [6, 6.07) is 1.04. The molecule has 0 rings (SSSR count). The topological polar surface area (TPSA) is 26.3 Å². The van der Waals surface area contributed by atoms with E-state index >= 15 is 0 Å². The first-order chi connectivity index (χ1) is 6.45. The average Bonchev–Trinajstić information content (AvgIpc) is 2.02. The molecule has 0 bridgehead atoms. The first-order valence-electron chi connectivity index (χ1n) is 5.05. The molecule has 0 aliphatic rings. The lowest BCUT2D eigenvalue weighted by Gasteiger charge is -2.15. The van der Waals surface area contributed by atoms with Crippen LogP contribution >= 0.6 is 0 Å². The van der Waals surface area contributed by atoms with Crippen molar-refractivity contribution in [3.8, 4) is 12.3 Å². The van der Waals surface area contributed by atoms with Crippen LogP contribution in [0.4, 0.5) is 0 Å². The van der Waals surface area contributed by atoms with E-state index in [9.17, 15) is 4.79 Å². The lowest BCUT2D eigenvalue weighted by Crippen LogP contribution is -2.22. The van der Waals surface area contributed by atoms with Crippen LogP contribution in [0.2, 0.25) is 25.7 Å². The zero-order valence-corrected chi connectivity index (χ0v) is 10.4. The molecule has 0 radical (unpaired) electrons. The predicted molar refractivity (Wildman–Crippen MR) is 61.8 cm³/mol. The smallest absolute Gasteiger partial charge is 0.305 e. The Kier molecular flexibility index (Phi) is 6.31. The van der Waals surface area contributed by atoms with Crippen molar-refractivity contribution in [1.82, 2.24) is 0 Å². The van der Waals surface area contributed by atoms with Gasteiger partial charge >= 0.3 is 5.97 Å². The second-order valence-electron chi connectivity index (χ2n) is 4.59. The summed E-state index contributed by atoms with van der Waals surface area (Å²) in [4.78, 5) is 11.1. The van der Waals surface area contributed by atoms with E-state index in [1.807, 2.05) is 0 Å². The molecule has 2 nitrogen and oxygen atoms in total. The highest BCUT2D eigenvalue weighted by atomic mass is 28.3. The zero-order valence-electron chi connectivity index (χ0n) is 9.43. The molecule has 0 N–H and O–H groups in total. The van der Waals surface area contributed by atoms with E-state index in [4.69, 9.17) is 11.2 Å². The summed E-state index contributed by atoms with van der Waals surface area (Å²) in [5.41, 5.74) is 0. The van der Waals surface area contributed by atoms with E-state index in [0.29, 0.717) is 19.4 Å². The summed E-state index contributed by atoms with van der Waals surface area (Å²) in [6.07, 6.45) is 6.92. The van der Waals surface area contributed by atoms with Gasteiger partial charge in [0, 0.05) is 20.9 Å². The van der Waals surface area contributed by atoms with Crippen LogP contribution in [-0.2, 0) is 9.53 Å². The van der Waals surface area contributed by atoms with Gasteiger partial charge in [-0.05, 0) is 12.5 Å². The second-order valence-corrected chi connectivity index (χ2v) is 10.2. The third-order valence-electron chi connectivity index (χ3n) is 1.82. The van der Waals surface area contributed by atoms with Crippen LogP contribution in [-0.4, -0.2) is 20.7 Å². The Labute approximate surface area is 88.0 Å². The molecule has 14 heavy (non-hydrogen) atoms. The van der Waals surface area contributed by atoms with E-state index in [1.54, 1.807) is 0 Å². The molecule has 0 aromatic carbocycles. The maximum atomic E-state index is 11.1. The monoisotopic (exact) mass is 212 g/mol. The van der Waals surface area contributed by atoms with Gasteiger partial charge in [0.2, 0.25) is 0 Å². The minimum Gasteiger partial charge on any atom is -0.466 e. The van der Waals surface area contributed by atoms with Crippen LogP contribution in [0.5, 0.6) is 0 Å². The number of carbonyl (C=O) groups is 1. The molecule has 0 aliphatic heterocycles. The minimum atomic E-state index is -1.07. The van der Waals surface area contributed by atoms with Gasteiger partial charge in [-0.1, -0.05) is 19.6 Å². The Morgan fingerprint density at radius 3 is 2.57 bits per heavy atom. The molecule has 0 aromatic heterocycles. The van der Waals surface area contributed by atoms with Gasteiger partial charge in [0.15, 0.2) is 0 Å². The Hall–Kier alpha value is -0.753. The van der Waals surface area contributed by atoms with Gasteiger partial charge in [0.25, 0.3) is 0 Å². The maximum Gasteiger partial charge on any atom is 0.305 e. The minimum absolute atomic E-state index is 0.112. The first kappa shape index (κ1) is 13.2. The lowest BCUT2D eigenvalue weighted by atomic mass is 10.2. The number of carbonyl (C=O) groups excluding carboxylic acids is 1. The highest BCUT2D eigenvalue weighted by molar-refractivity contribution is 6.76. The van der Waals surface area contributed by atoms with Gasteiger partial charge in [-0.3, -0.25) is 4.79 Å². The fourth-order valence-electron chi connectivity index (χ4n) is 0.878. The standard InChI is InChI=1S/C11H20O2Si/c1-5-6-7-8-11(12)13-9-10-14(2,3)4/h1H,6-10H2,2-4H3. The molecule has 0 fully saturated rings. The zero-order chi connectivity index (χ0) is 11.0. The number of terminal acetylenes is 1. The van der Waals surface area contributed by atoms with Gasteiger partial charge in [0.05, 0.1) is 6.61 Å². The Balaban J connectivity index is 3.42. The molecule has 0 unspecified atom stereocenters. The molecular weight excluding hydrogens is 192 g/mol. The first-order valence-corrected chi connectivity index (χ1v) is 8.75. The highest BCUT2D eigenvalue weighted by Gasteiger charge is 2.13. The van der Waals surface area contributed by atoms with Gasteiger partial charge < -0.3 is 4.74 Å². The van der Waals surface area contributed by atoms with Crippen molar-refractivity contribution in [2.45, 2.75) is 44.9 Å². The summed E-state index contributed by atoms with van der Waals surface area (Å²) in [6.45, 7) is 7.36. The molecule has 0 spiro atoms. The maximum absolute atomic E-state index is 11.1. The van der Waals surface area contributed by atoms with E-state index in [2.05, 4.69) is 25.6 Å². The highest BCUT2D eigenvalue weighted by Crippen LogP contribution is 2.08. The van der Waals surface area contributed by atoms with Crippen LogP contribution < -0.4 is 0 Å². The molecule has 0 heterocycles. The second kappa shape index (κ2) is 6.66. The number of hydrogen-bond acceptors (Lipinski definition) is 2. The van der Waals surface area contributed by atoms with Crippen LogP contribution in [0.15, 0.2) is 0 Å². The van der Waals surface area contributed by atoms with Gasteiger partial charge in [-0.15, -0.1) is 12.3 Å². The summed E-state index contributed by atoms with van der Waals surface area (Å²) >= 11 is 0. The Morgan fingerprint density at radius 1 is 1.43 bits per heavy atom. The normalized spacial score (nSPS) is 10.7. The summed E-state index contributed by atoms with van der Waals surface area (Å²) in [5.74, 6) is 2.39. The molecule has 0 saturated heterocycles. The number of ether oxygens (including phenoxy) is 1. The van der Waals surface area contributed by atoms with Crippen LogP contribution in [0.1, 0.15) is 19.3 Å². The predicted octanol–water partition coefficient (Wildman–Crippen LogP) is 2.67.